The van der Waals surface area contributed by atoms with Crippen molar-refractivity contribution in [1.29, 1.82) is 0 Å². The second-order valence-electron chi connectivity index (χ2n) is 6.30. The molecule has 1 unspecified atom stereocenters. The number of carboxylic acids is 1. The largest absolute Gasteiger partial charge is 0.481 e. The van der Waals surface area contributed by atoms with Crippen molar-refractivity contribution >= 4 is 23.2 Å². The summed E-state index contributed by atoms with van der Waals surface area (Å²) in [4.78, 5) is 29.3. The molecule has 0 aromatic carbocycles. The smallest absolute Gasteiger partial charge is 0.303 e. The average molecular weight is 363 g/mol. The molecule has 8 heteroatoms. The Morgan fingerprint density at radius 2 is 2.28 bits per heavy atom. The summed E-state index contributed by atoms with van der Waals surface area (Å²) in [7, 11) is 0. The fourth-order valence-electron chi connectivity index (χ4n) is 3.09. The van der Waals surface area contributed by atoms with E-state index in [2.05, 4.69) is 10.1 Å². The molecule has 2 aromatic heterocycles. The Kier molecular flexibility index (Phi) is 5.80. The second kappa shape index (κ2) is 8.24. The molecule has 2 aromatic rings. The van der Waals surface area contributed by atoms with E-state index in [1.54, 1.807) is 11.3 Å². The standard InChI is InChI=1S/C17H21N3O4S/c21-15(20-8-1-2-12(10-20)3-6-16(22)23)5-4-14-18-17(19-24-14)13-7-9-25-11-13/h7,9,11-12H,1-6,8,10H2,(H,22,23). The summed E-state index contributed by atoms with van der Waals surface area (Å²) < 4.78 is 5.22. The van der Waals surface area contributed by atoms with Crippen LogP contribution >= 0.6 is 11.3 Å². The quantitative estimate of drug-likeness (QED) is 0.812. The van der Waals surface area contributed by atoms with Crippen molar-refractivity contribution in [2.24, 2.45) is 5.92 Å². The van der Waals surface area contributed by atoms with Crippen molar-refractivity contribution in [2.75, 3.05) is 13.1 Å². The van der Waals surface area contributed by atoms with Crippen LogP contribution in [0.3, 0.4) is 0 Å². The molecule has 1 atom stereocenters. The number of carboxylic acid groups (broad SMARTS) is 1. The van der Waals surface area contributed by atoms with E-state index in [9.17, 15) is 9.59 Å². The minimum atomic E-state index is -0.777. The fourth-order valence-corrected chi connectivity index (χ4v) is 3.73. The number of likely N-dealkylation sites (tertiary alicyclic amines) is 1. The van der Waals surface area contributed by atoms with Gasteiger partial charge in [-0.25, -0.2) is 0 Å². The molecular weight excluding hydrogens is 342 g/mol. The molecule has 0 bridgehead atoms. The van der Waals surface area contributed by atoms with E-state index >= 15 is 0 Å². The van der Waals surface area contributed by atoms with Crippen molar-refractivity contribution in [2.45, 2.75) is 38.5 Å². The number of carbonyl (C=O) groups is 2. The molecule has 0 aliphatic carbocycles. The van der Waals surface area contributed by atoms with Gasteiger partial charge in [-0.05, 0) is 36.6 Å². The van der Waals surface area contributed by atoms with Crippen molar-refractivity contribution in [1.82, 2.24) is 15.0 Å². The third-order valence-corrected chi connectivity index (χ3v) is 5.12. The van der Waals surface area contributed by atoms with Crippen molar-refractivity contribution < 1.29 is 19.2 Å². The predicted molar refractivity (Wildman–Crippen MR) is 92.1 cm³/mol. The molecule has 1 N–H and O–H groups in total. The molecule has 1 amide bonds. The topological polar surface area (TPSA) is 96.5 Å². The van der Waals surface area contributed by atoms with Crippen molar-refractivity contribution in [3.63, 3.8) is 0 Å². The van der Waals surface area contributed by atoms with Crippen LogP contribution in [-0.4, -0.2) is 45.1 Å². The summed E-state index contributed by atoms with van der Waals surface area (Å²) in [5.74, 6) is 0.586. The maximum absolute atomic E-state index is 12.4. The van der Waals surface area contributed by atoms with E-state index in [0.29, 0.717) is 37.5 Å². The third kappa shape index (κ3) is 4.88. The third-order valence-electron chi connectivity index (χ3n) is 4.44. The Labute approximate surface area is 149 Å². The number of aliphatic carboxylic acids is 1. The maximum atomic E-state index is 12.4. The number of hydrogen-bond donors (Lipinski definition) is 1. The molecule has 1 saturated heterocycles. The number of carbonyl (C=O) groups excluding carboxylic acids is 1. The second-order valence-corrected chi connectivity index (χ2v) is 7.08. The monoisotopic (exact) mass is 363 g/mol. The van der Waals surface area contributed by atoms with Gasteiger partial charge in [0.1, 0.15) is 0 Å². The van der Waals surface area contributed by atoms with Crippen molar-refractivity contribution in [3.8, 4) is 11.4 Å². The zero-order valence-corrected chi connectivity index (χ0v) is 14.7. The minimum Gasteiger partial charge on any atom is -0.481 e. The minimum absolute atomic E-state index is 0.0651. The highest BCUT2D eigenvalue weighted by molar-refractivity contribution is 7.08. The number of amides is 1. The molecule has 1 aliphatic heterocycles. The van der Waals surface area contributed by atoms with Crippen LogP contribution in [0.4, 0.5) is 0 Å². The van der Waals surface area contributed by atoms with Gasteiger partial charge in [-0.2, -0.15) is 16.3 Å². The van der Waals surface area contributed by atoms with Crippen molar-refractivity contribution in [3.05, 3.63) is 22.7 Å². The van der Waals surface area contributed by atoms with E-state index in [-0.39, 0.29) is 18.2 Å². The lowest BCUT2D eigenvalue weighted by Gasteiger charge is -2.32. The van der Waals surface area contributed by atoms with E-state index in [0.717, 1.165) is 24.9 Å². The van der Waals surface area contributed by atoms with Gasteiger partial charge in [-0.15, -0.1) is 0 Å². The van der Waals surface area contributed by atoms with Crippen LogP contribution in [0.1, 0.15) is 38.0 Å². The molecule has 0 saturated carbocycles. The number of aromatic nitrogens is 2. The van der Waals surface area contributed by atoms with Gasteiger partial charge in [0.2, 0.25) is 17.6 Å². The van der Waals surface area contributed by atoms with Gasteiger partial charge in [0.15, 0.2) is 0 Å². The Morgan fingerprint density at radius 1 is 1.40 bits per heavy atom. The molecule has 3 heterocycles. The van der Waals surface area contributed by atoms with Gasteiger partial charge in [-0.1, -0.05) is 5.16 Å². The number of piperidine rings is 1. The van der Waals surface area contributed by atoms with Crippen LogP contribution in [0.5, 0.6) is 0 Å². The molecular formula is C17H21N3O4S. The number of thiophene rings is 1. The first-order valence-corrected chi connectivity index (χ1v) is 9.41. The normalized spacial score (nSPS) is 17.6. The lowest BCUT2D eigenvalue weighted by Crippen LogP contribution is -2.40. The Bertz CT molecular complexity index is 713. The molecule has 134 valence electrons. The Balaban J connectivity index is 1.48. The van der Waals surface area contributed by atoms with E-state index < -0.39 is 5.97 Å². The lowest BCUT2D eigenvalue weighted by molar-refractivity contribution is -0.137. The number of nitrogens with zero attached hydrogens (tertiary/aromatic N) is 3. The zero-order chi connectivity index (χ0) is 17.6. The molecule has 7 nitrogen and oxygen atoms in total. The Hall–Kier alpha value is -2.22. The fraction of sp³-hybridized carbons (Fsp3) is 0.529. The van der Waals surface area contributed by atoms with Crippen LogP contribution in [-0.2, 0) is 16.0 Å². The van der Waals surface area contributed by atoms with Gasteiger partial charge >= 0.3 is 5.97 Å². The van der Waals surface area contributed by atoms with Crippen LogP contribution in [0.2, 0.25) is 0 Å². The van der Waals surface area contributed by atoms with E-state index in [1.165, 1.54) is 0 Å². The molecule has 0 spiro atoms. The number of rotatable bonds is 7. The van der Waals surface area contributed by atoms with Gasteiger partial charge < -0.3 is 14.5 Å². The Morgan fingerprint density at radius 3 is 3.04 bits per heavy atom. The van der Waals surface area contributed by atoms with Crippen LogP contribution < -0.4 is 0 Å². The summed E-state index contributed by atoms with van der Waals surface area (Å²) in [6.45, 7) is 1.39. The van der Waals surface area contributed by atoms with Crippen LogP contribution in [0, 0.1) is 5.92 Å². The first-order valence-electron chi connectivity index (χ1n) is 8.46. The molecule has 0 radical (unpaired) electrons. The number of aryl methyl sites for hydroxylation is 1. The highest BCUT2D eigenvalue weighted by Gasteiger charge is 2.24. The molecule has 1 aliphatic rings. The highest BCUT2D eigenvalue weighted by Crippen LogP contribution is 2.22. The predicted octanol–water partition coefficient (Wildman–Crippen LogP) is 2.83. The number of hydrogen-bond acceptors (Lipinski definition) is 6. The van der Waals surface area contributed by atoms with Gasteiger partial charge in [0.05, 0.1) is 0 Å². The highest BCUT2D eigenvalue weighted by atomic mass is 32.1. The first kappa shape index (κ1) is 17.6. The molecule has 25 heavy (non-hydrogen) atoms. The summed E-state index contributed by atoms with van der Waals surface area (Å²) in [6.07, 6.45) is 3.47. The average Bonchev–Trinajstić information content (AvgIpc) is 3.29. The maximum Gasteiger partial charge on any atom is 0.303 e. The van der Waals surface area contributed by atoms with Gasteiger partial charge in [0.25, 0.3) is 0 Å². The molecule has 1 fully saturated rings. The summed E-state index contributed by atoms with van der Waals surface area (Å²) in [6, 6.07) is 1.93. The SMILES string of the molecule is O=C(O)CCC1CCCN(C(=O)CCc2nc(-c3ccsc3)no2)C1. The summed E-state index contributed by atoms with van der Waals surface area (Å²) >= 11 is 1.57. The summed E-state index contributed by atoms with van der Waals surface area (Å²) in [5, 5.41) is 16.6. The molecule has 3 rings (SSSR count). The van der Waals surface area contributed by atoms with E-state index in [1.807, 2.05) is 21.7 Å². The van der Waals surface area contributed by atoms with E-state index in [4.69, 9.17) is 9.63 Å². The van der Waals surface area contributed by atoms with Crippen LogP contribution in [0.25, 0.3) is 11.4 Å². The van der Waals surface area contributed by atoms with Crippen LogP contribution in [0.15, 0.2) is 21.3 Å². The van der Waals surface area contributed by atoms with Gasteiger partial charge in [0, 0.05) is 43.3 Å². The summed E-state index contributed by atoms with van der Waals surface area (Å²) in [5.41, 5.74) is 0.920. The first-order chi connectivity index (χ1) is 12.1. The lowest BCUT2D eigenvalue weighted by atomic mass is 9.93. The zero-order valence-electron chi connectivity index (χ0n) is 13.9. The van der Waals surface area contributed by atoms with Gasteiger partial charge in [-0.3, -0.25) is 9.59 Å².